The van der Waals surface area contributed by atoms with E-state index < -0.39 is 59.6 Å². The smallest absolute Gasteiger partial charge is 0.243 e. The molecule has 1 aromatic heterocycles. The SMILES string of the molecule is NC(=O)C1CNC(=O)CCC(=O)N[C@@H](Cc2ccc3ccccc3c2)C(=O)N[C@@H](CCCN=C(N)N)C(=O)N[C@H](Cc2c[nH]c3ccccc23)C(=O)N1. The molecule has 5 rings (SSSR count). The van der Waals surface area contributed by atoms with Gasteiger partial charge in [-0.2, -0.15) is 0 Å². The first kappa shape index (κ1) is 37.8. The molecule has 16 nitrogen and oxygen atoms in total. The van der Waals surface area contributed by atoms with Gasteiger partial charge in [-0.15, -0.1) is 0 Å². The first-order chi connectivity index (χ1) is 25.5. The van der Waals surface area contributed by atoms with Crippen LogP contribution in [0.15, 0.2) is 77.9 Å². The fourth-order valence-corrected chi connectivity index (χ4v) is 6.15. The number of carbonyl (C=O) groups is 6. The quantitative estimate of drug-likeness (QED) is 0.0615. The monoisotopic (exact) mass is 724 g/mol. The summed E-state index contributed by atoms with van der Waals surface area (Å²) in [7, 11) is 0. The Bertz CT molecular complexity index is 2020. The number of aromatic amines is 1. The number of fused-ring (bicyclic) bond motifs is 2. The van der Waals surface area contributed by atoms with Gasteiger partial charge in [-0.1, -0.05) is 60.7 Å². The third-order valence-electron chi connectivity index (χ3n) is 8.96. The Morgan fingerprint density at radius 3 is 2.15 bits per heavy atom. The van der Waals surface area contributed by atoms with Gasteiger partial charge in [0.25, 0.3) is 0 Å². The molecule has 1 fully saturated rings. The fraction of sp³-hybridized carbons (Fsp3) is 0.324. The van der Waals surface area contributed by atoms with Crippen LogP contribution in [0.5, 0.6) is 0 Å². The van der Waals surface area contributed by atoms with Gasteiger partial charge in [-0.05, 0) is 40.8 Å². The third-order valence-corrected chi connectivity index (χ3v) is 8.96. The number of primary amides is 1. The molecule has 2 heterocycles. The molecule has 1 unspecified atom stereocenters. The van der Waals surface area contributed by atoms with E-state index in [1.165, 1.54) is 0 Å². The van der Waals surface area contributed by atoms with Crippen molar-refractivity contribution in [2.24, 2.45) is 22.2 Å². The van der Waals surface area contributed by atoms with Gasteiger partial charge in [0.1, 0.15) is 24.2 Å². The highest BCUT2D eigenvalue weighted by molar-refractivity contribution is 5.97. The normalized spacial score (nSPS) is 20.7. The Morgan fingerprint density at radius 2 is 1.38 bits per heavy atom. The highest BCUT2D eigenvalue weighted by Crippen LogP contribution is 2.20. The summed E-state index contributed by atoms with van der Waals surface area (Å²) in [4.78, 5) is 87.3. The lowest BCUT2D eigenvalue weighted by atomic mass is 10.00. The lowest BCUT2D eigenvalue weighted by Gasteiger charge is -2.26. The number of aliphatic imine (C=N–C) groups is 1. The van der Waals surface area contributed by atoms with E-state index in [1.54, 1.807) is 6.20 Å². The molecule has 0 aliphatic carbocycles. The Balaban J connectivity index is 1.48. The largest absolute Gasteiger partial charge is 0.370 e. The molecule has 0 spiro atoms. The molecule has 1 aliphatic rings. The lowest BCUT2D eigenvalue weighted by molar-refractivity contribution is -0.134. The van der Waals surface area contributed by atoms with E-state index in [0.717, 1.165) is 27.2 Å². The van der Waals surface area contributed by atoms with Crippen LogP contribution in [-0.4, -0.2) is 83.6 Å². The minimum absolute atomic E-state index is 0.00522. The molecular formula is C37H44N10O6. The van der Waals surface area contributed by atoms with Crippen LogP contribution in [0.1, 0.15) is 36.8 Å². The highest BCUT2D eigenvalue weighted by atomic mass is 16.2. The second-order valence-electron chi connectivity index (χ2n) is 12.9. The highest BCUT2D eigenvalue weighted by Gasteiger charge is 2.32. The number of guanidine groups is 1. The molecule has 16 heteroatoms. The van der Waals surface area contributed by atoms with E-state index in [0.29, 0.717) is 5.56 Å². The number of nitrogens with two attached hydrogens (primary N) is 3. The number of aromatic nitrogens is 1. The zero-order valence-corrected chi connectivity index (χ0v) is 29.0. The molecule has 3 aromatic carbocycles. The van der Waals surface area contributed by atoms with Crippen LogP contribution < -0.4 is 43.8 Å². The van der Waals surface area contributed by atoms with E-state index in [1.807, 2.05) is 66.7 Å². The predicted molar refractivity (Wildman–Crippen MR) is 199 cm³/mol. The van der Waals surface area contributed by atoms with Crippen LogP contribution in [0.3, 0.4) is 0 Å². The summed E-state index contributed by atoms with van der Waals surface area (Å²) in [6.07, 6.45) is 1.57. The number of benzene rings is 3. The number of para-hydroxylation sites is 1. The first-order valence-electron chi connectivity index (χ1n) is 17.3. The Labute approximate surface area is 305 Å². The summed E-state index contributed by atoms with van der Waals surface area (Å²) in [6.45, 7) is -0.201. The number of rotatable bonds is 9. The van der Waals surface area contributed by atoms with Crippen LogP contribution in [0.4, 0.5) is 0 Å². The third kappa shape index (κ3) is 10.5. The maximum Gasteiger partial charge on any atom is 0.243 e. The van der Waals surface area contributed by atoms with E-state index >= 15 is 0 Å². The average molecular weight is 725 g/mol. The van der Waals surface area contributed by atoms with Gasteiger partial charge in [-0.3, -0.25) is 33.8 Å². The van der Waals surface area contributed by atoms with E-state index in [2.05, 4.69) is 36.6 Å². The number of hydrogen-bond donors (Lipinski definition) is 9. The second-order valence-corrected chi connectivity index (χ2v) is 12.9. The van der Waals surface area contributed by atoms with Crippen molar-refractivity contribution < 1.29 is 28.8 Å². The summed E-state index contributed by atoms with van der Waals surface area (Å²) in [5.41, 5.74) is 18.8. The predicted octanol–water partition coefficient (Wildman–Crippen LogP) is -0.506. The minimum atomic E-state index is -1.33. The first-order valence-corrected chi connectivity index (χ1v) is 17.3. The maximum absolute atomic E-state index is 14.1. The summed E-state index contributed by atoms with van der Waals surface area (Å²) >= 11 is 0. The molecule has 6 amide bonds. The molecule has 0 saturated carbocycles. The van der Waals surface area contributed by atoms with Crippen molar-refractivity contribution in [3.8, 4) is 0 Å². The maximum atomic E-state index is 14.1. The Kier molecular flexibility index (Phi) is 12.6. The second kappa shape index (κ2) is 17.7. The Morgan fingerprint density at radius 1 is 0.717 bits per heavy atom. The molecule has 53 heavy (non-hydrogen) atoms. The Hall–Kier alpha value is -6.45. The van der Waals surface area contributed by atoms with Crippen molar-refractivity contribution in [1.29, 1.82) is 0 Å². The van der Waals surface area contributed by atoms with E-state index in [4.69, 9.17) is 17.2 Å². The number of carbonyl (C=O) groups excluding carboxylic acids is 6. The fourth-order valence-electron chi connectivity index (χ4n) is 6.15. The van der Waals surface area contributed by atoms with Crippen LogP contribution in [-0.2, 0) is 41.6 Å². The van der Waals surface area contributed by atoms with Crippen LogP contribution in [0.25, 0.3) is 21.7 Å². The van der Waals surface area contributed by atoms with Crippen LogP contribution in [0.2, 0.25) is 0 Å². The average Bonchev–Trinajstić information content (AvgIpc) is 3.54. The van der Waals surface area contributed by atoms with Crippen LogP contribution >= 0.6 is 0 Å². The zero-order chi connectivity index (χ0) is 37.9. The number of hydrogen-bond acceptors (Lipinski definition) is 7. The number of nitrogens with one attached hydrogen (secondary N) is 6. The van der Waals surface area contributed by atoms with Crippen LogP contribution in [0, 0.1) is 0 Å². The molecule has 4 aromatic rings. The summed E-state index contributed by atoms with van der Waals surface area (Å²) in [5, 5.41) is 16.1. The zero-order valence-electron chi connectivity index (χ0n) is 29.0. The number of nitrogens with zero attached hydrogens (tertiary/aromatic N) is 1. The van der Waals surface area contributed by atoms with Gasteiger partial charge < -0.3 is 48.8 Å². The molecule has 0 radical (unpaired) electrons. The molecular weight excluding hydrogens is 680 g/mol. The van der Waals surface area contributed by atoms with Crippen molar-refractivity contribution in [2.75, 3.05) is 13.1 Å². The van der Waals surface area contributed by atoms with Crippen molar-refractivity contribution in [3.05, 3.63) is 84.1 Å². The summed E-state index contributed by atoms with van der Waals surface area (Å²) in [6, 6.07) is 15.8. The van der Waals surface area contributed by atoms with Crippen molar-refractivity contribution in [1.82, 2.24) is 31.6 Å². The summed E-state index contributed by atoms with van der Waals surface area (Å²) < 4.78 is 0. The van der Waals surface area contributed by atoms with Gasteiger partial charge in [-0.25, -0.2) is 0 Å². The van der Waals surface area contributed by atoms with E-state index in [-0.39, 0.29) is 57.6 Å². The standard InChI is InChI=1S/C37H44N10O6/c38-33(50)30-20-43-31(48)13-14-32(49)44-28(17-21-11-12-22-6-1-2-7-23(22)16-21)35(52)45-27(10-5-15-41-37(39)40)34(51)46-29(36(53)47-30)18-24-19-42-26-9-4-3-8-25(24)26/h1-4,6-9,11-12,16,19,27-30,42H,5,10,13-15,17-18,20H2,(H2,38,50)(H,43,48)(H,44,49)(H,45,52)(H,46,51)(H,47,53)(H4,39,40,41)/t27-,28-,29+,30?/m0/s1. The molecule has 1 aliphatic heterocycles. The molecule has 12 N–H and O–H groups in total. The van der Waals surface area contributed by atoms with Crippen molar-refractivity contribution in [2.45, 2.75) is 62.7 Å². The van der Waals surface area contributed by atoms with E-state index in [9.17, 15) is 28.8 Å². The van der Waals surface area contributed by atoms with Gasteiger partial charge in [0.2, 0.25) is 35.4 Å². The van der Waals surface area contributed by atoms with Gasteiger partial charge in [0.15, 0.2) is 5.96 Å². The lowest BCUT2D eigenvalue weighted by Crippen LogP contribution is -2.59. The number of H-pyrrole nitrogens is 1. The minimum Gasteiger partial charge on any atom is -0.370 e. The van der Waals surface area contributed by atoms with Gasteiger partial charge in [0.05, 0.1) is 0 Å². The van der Waals surface area contributed by atoms with Crippen molar-refractivity contribution in [3.63, 3.8) is 0 Å². The number of amides is 6. The molecule has 4 atom stereocenters. The topological polar surface area (TPSA) is 269 Å². The molecule has 1 saturated heterocycles. The molecule has 278 valence electrons. The van der Waals surface area contributed by atoms with Crippen molar-refractivity contribution >= 4 is 63.1 Å². The van der Waals surface area contributed by atoms with Gasteiger partial charge in [0, 0.05) is 55.9 Å². The van der Waals surface area contributed by atoms with Gasteiger partial charge >= 0.3 is 0 Å². The molecule has 0 bridgehead atoms. The summed E-state index contributed by atoms with van der Waals surface area (Å²) in [5.74, 6) is -4.34.